The summed E-state index contributed by atoms with van der Waals surface area (Å²) in [6, 6.07) is 0. The first kappa shape index (κ1) is 42.3. The summed E-state index contributed by atoms with van der Waals surface area (Å²) < 4.78 is 28.0. The molecule has 0 radical (unpaired) electrons. The summed E-state index contributed by atoms with van der Waals surface area (Å²) >= 11 is 0. The molecule has 0 aromatic heterocycles. The highest BCUT2D eigenvalue weighted by molar-refractivity contribution is 6.23. The summed E-state index contributed by atoms with van der Waals surface area (Å²) in [7, 11) is 4.58. The summed E-state index contributed by atoms with van der Waals surface area (Å²) in [4.78, 5) is 40.5. The number of ketones is 2. The Morgan fingerprint density at radius 2 is 1.67 bits per heavy atom. The molecule has 3 aliphatic rings. The minimum Gasteiger partial charge on any atom is -0.394 e. The Labute approximate surface area is 298 Å². The zero-order valence-corrected chi connectivity index (χ0v) is 30.3. The Hall–Kier alpha value is -3.09. The Balaban J connectivity index is 1.92. The molecule has 1 fully saturated rings. The van der Waals surface area contributed by atoms with Crippen LogP contribution in [0.25, 0.3) is 0 Å². The number of aliphatic hydroxyl groups is 5. The lowest BCUT2D eigenvalue weighted by Gasteiger charge is -2.39. The standard InChI is InChI=1S/C36H54N2O13/c1-18-13-22-28(37-11-12-50-36-33(45)32(44)31(43)27(17-39)51-36)24(40)16-23(30(22)42)38-35(46)19(2)9-8-10-25(47-5)34(49-7)21(4)15-20(3)29(41)26(14-18)48-6/h8-10,15-16,18,20,25-27,29,31-34,36-37,39,41,43-45H,11-14,17H2,1-7H3,(H,38,46)/b10-8+,19-9-,21-15-/t18-,20+,25+,26+,27-,29-,31+,32+,33-,34-,36-/m1/s1. The number of carbonyl (C=O) groups excluding carboxylic acids is 3. The van der Waals surface area contributed by atoms with Crippen molar-refractivity contribution in [1.82, 2.24) is 10.6 Å². The van der Waals surface area contributed by atoms with Crippen LogP contribution >= 0.6 is 0 Å². The molecule has 286 valence electrons. The van der Waals surface area contributed by atoms with Crippen LogP contribution in [-0.4, -0.2) is 139 Å². The molecule has 7 N–H and O–H groups in total. The molecule has 15 nitrogen and oxygen atoms in total. The maximum atomic E-state index is 13.9. The lowest BCUT2D eigenvalue weighted by Crippen LogP contribution is -2.59. The molecule has 0 aromatic carbocycles. The molecule has 1 aliphatic carbocycles. The Bertz CT molecular complexity index is 1390. The average molecular weight is 723 g/mol. The summed E-state index contributed by atoms with van der Waals surface area (Å²) in [5.41, 5.74) is 0.976. The van der Waals surface area contributed by atoms with Crippen LogP contribution in [0.5, 0.6) is 0 Å². The maximum absolute atomic E-state index is 13.9. The molecule has 2 aliphatic heterocycles. The number of carbonyl (C=O) groups is 3. The van der Waals surface area contributed by atoms with Gasteiger partial charge in [0, 0.05) is 51.0 Å². The fourth-order valence-electron chi connectivity index (χ4n) is 6.37. The Kier molecular flexibility index (Phi) is 16.3. The first-order valence-corrected chi connectivity index (χ1v) is 17.0. The zero-order chi connectivity index (χ0) is 38.0. The second kappa shape index (κ2) is 19.7. The number of rotatable bonds is 9. The zero-order valence-electron chi connectivity index (χ0n) is 30.3. The predicted molar refractivity (Wildman–Crippen MR) is 184 cm³/mol. The van der Waals surface area contributed by atoms with E-state index in [1.807, 2.05) is 26.8 Å². The van der Waals surface area contributed by atoms with Crippen LogP contribution in [-0.2, 0) is 38.1 Å². The van der Waals surface area contributed by atoms with E-state index in [0.29, 0.717) is 6.42 Å². The van der Waals surface area contributed by atoms with Crippen molar-refractivity contribution in [2.45, 2.75) is 95.7 Å². The van der Waals surface area contributed by atoms with Gasteiger partial charge in [0.05, 0.1) is 36.8 Å². The van der Waals surface area contributed by atoms with E-state index in [4.69, 9.17) is 23.7 Å². The summed E-state index contributed by atoms with van der Waals surface area (Å²) in [5, 5.41) is 56.6. The van der Waals surface area contributed by atoms with E-state index in [2.05, 4.69) is 10.6 Å². The summed E-state index contributed by atoms with van der Waals surface area (Å²) in [5.74, 6) is -2.38. The van der Waals surface area contributed by atoms with Crippen molar-refractivity contribution >= 4 is 17.5 Å². The maximum Gasteiger partial charge on any atom is 0.251 e. The van der Waals surface area contributed by atoms with Crippen LogP contribution in [0.4, 0.5) is 0 Å². The molecule has 15 heteroatoms. The number of amides is 1. The number of nitrogens with one attached hydrogen (secondary N) is 2. The molecule has 1 amide bonds. The van der Waals surface area contributed by atoms with Crippen molar-refractivity contribution in [1.29, 1.82) is 0 Å². The van der Waals surface area contributed by atoms with Crippen molar-refractivity contribution in [3.63, 3.8) is 0 Å². The number of allylic oxidation sites excluding steroid dienone is 4. The number of aliphatic hydroxyl groups excluding tert-OH is 5. The fraction of sp³-hybridized carbons (Fsp3) is 0.639. The van der Waals surface area contributed by atoms with Gasteiger partial charge in [-0.25, -0.2) is 0 Å². The topological polar surface area (TPSA) is 223 Å². The highest BCUT2D eigenvalue weighted by atomic mass is 16.7. The highest BCUT2D eigenvalue weighted by Gasteiger charge is 2.44. The lowest BCUT2D eigenvalue weighted by molar-refractivity contribution is -0.300. The van der Waals surface area contributed by atoms with Crippen LogP contribution in [0.15, 0.2) is 58.5 Å². The van der Waals surface area contributed by atoms with E-state index in [9.17, 15) is 39.9 Å². The third-order valence-corrected chi connectivity index (χ3v) is 9.34. The van der Waals surface area contributed by atoms with Crippen LogP contribution in [0.3, 0.4) is 0 Å². The van der Waals surface area contributed by atoms with E-state index in [1.54, 1.807) is 32.3 Å². The van der Waals surface area contributed by atoms with Crippen LogP contribution in [0.1, 0.15) is 40.5 Å². The molecule has 0 spiro atoms. The number of Topliss-reactive ketones (excluding diaryl/α,β-unsaturated/α-hetero) is 1. The molecule has 0 unspecified atom stereocenters. The van der Waals surface area contributed by atoms with E-state index < -0.39 is 79.2 Å². The van der Waals surface area contributed by atoms with E-state index in [-0.39, 0.29) is 53.9 Å². The van der Waals surface area contributed by atoms with Gasteiger partial charge in [0.2, 0.25) is 11.6 Å². The number of ether oxygens (including phenoxy) is 5. The van der Waals surface area contributed by atoms with Crippen LogP contribution in [0, 0.1) is 11.8 Å². The first-order chi connectivity index (χ1) is 24.2. The molecular formula is C36H54N2O13. The van der Waals surface area contributed by atoms with Gasteiger partial charge in [-0.05, 0) is 38.2 Å². The van der Waals surface area contributed by atoms with Gasteiger partial charge in [0.25, 0.3) is 5.91 Å². The molecule has 51 heavy (non-hydrogen) atoms. The van der Waals surface area contributed by atoms with Crippen molar-refractivity contribution in [2.75, 3.05) is 41.1 Å². The third-order valence-electron chi connectivity index (χ3n) is 9.34. The Morgan fingerprint density at radius 3 is 2.29 bits per heavy atom. The summed E-state index contributed by atoms with van der Waals surface area (Å²) in [6.07, 6.45) is -1.63. The van der Waals surface area contributed by atoms with Gasteiger partial charge in [-0.1, -0.05) is 38.2 Å². The van der Waals surface area contributed by atoms with Crippen LogP contribution < -0.4 is 10.6 Å². The SMILES string of the molecule is CO[C@H]1/C=C/C=C(/C)C(=O)NC2=CC(=O)C(NCCO[C@@H]3O[C@H](CO)[C@H](O)[C@H](O)[C@H]3O)=C(C[C@@H](C)C[C@H](OC)[C@H](O)[C@@H](C)/C=C(/C)[C@H]1OC)C2=O. The monoisotopic (exact) mass is 722 g/mol. The van der Waals surface area contributed by atoms with Gasteiger partial charge in [-0.2, -0.15) is 0 Å². The molecular weight excluding hydrogens is 668 g/mol. The largest absolute Gasteiger partial charge is 0.394 e. The van der Waals surface area contributed by atoms with Gasteiger partial charge in [-0.3, -0.25) is 14.4 Å². The minimum absolute atomic E-state index is 0.0130. The van der Waals surface area contributed by atoms with Crippen molar-refractivity contribution in [3.05, 3.63) is 58.5 Å². The number of fused-ring (bicyclic) bond motifs is 2. The number of methoxy groups -OCH3 is 3. The van der Waals surface area contributed by atoms with Crippen molar-refractivity contribution in [3.8, 4) is 0 Å². The second-order valence-corrected chi connectivity index (χ2v) is 13.2. The molecule has 11 atom stereocenters. The molecule has 0 aromatic rings. The van der Waals surface area contributed by atoms with Crippen molar-refractivity contribution < 1.29 is 63.6 Å². The molecule has 2 heterocycles. The molecule has 3 rings (SSSR count). The van der Waals surface area contributed by atoms with Crippen molar-refractivity contribution in [2.24, 2.45) is 11.8 Å². The fourth-order valence-corrected chi connectivity index (χ4v) is 6.37. The summed E-state index contributed by atoms with van der Waals surface area (Å²) in [6.45, 7) is 6.33. The first-order valence-electron chi connectivity index (χ1n) is 17.0. The molecule has 0 saturated carbocycles. The van der Waals surface area contributed by atoms with Crippen LogP contribution in [0.2, 0.25) is 0 Å². The van der Waals surface area contributed by atoms with E-state index in [0.717, 1.165) is 11.6 Å². The highest BCUT2D eigenvalue weighted by Crippen LogP contribution is 2.29. The smallest absolute Gasteiger partial charge is 0.251 e. The quantitative estimate of drug-likeness (QED) is 0.0925. The minimum atomic E-state index is -1.62. The van der Waals surface area contributed by atoms with Gasteiger partial charge in [-0.15, -0.1) is 0 Å². The van der Waals surface area contributed by atoms with Gasteiger partial charge in [0.15, 0.2) is 6.29 Å². The number of hydrogen-bond acceptors (Lipinski definition) is 14. The average Bonchev–Trinajstić information content (AvgIpc) is 3.10. The van der Waals surface area contributed by atoms with E-state index in [1.165, 1.54) is 14.2 Å². The lowest BCUT2D eigenvalue weighted by atomic mass is 9.85. The second-order valence-electron chi connectivity index (χ2n) is 13.2. The van der Waals surface area contributed by atoms with Gasteiger partial charge >= 0.3 is 0 Å². The molecule has 2 bridgehead atoms. The predicted octanol–water partition coefficient (Wildman–Crippen LogP) is -0.281. The third kappa shape index (κ3) is 10.7. The van der Waals surface area contributed by atoms with Gasteiger partial charge < -0.3 is 59.9 Å². The molecule has 1 saturated heterocycles. The number of hydrogen-bond donors (Lipinski definition) is 7. The normalized spacial score (nSPS) is 37.5. The van der Waals surface area contributed by atoms with E-state index >= 15 is 0 Å². The van der Waals surface area contributed by atoms with Gasteiger partial charge in [0.1, 0.15) is 36.6 Å². The Morgan fingerprint density at radius 1 is 0.961 bits per heavy atom.